The first-order valence-corrected chi connectivity index (χ1v) is 6.94. The van der Waals surface area contributed by atoms with E-state index < -0.39 is 0 Å². The van der Waals surface area contributed by atoms with Crippen molar-refractivity contribution in [1.29, 1.82) is 0 Å². The Morgan fingerprint density at radius 2 is 1.70 bits per heavy atom. The fourth-order valence-corrected chi connectivity index (χ4v) is 2.09. The van der Waals surface area contributed by atoms with Crippen LogP contribution in [0.2, 0.25) is 0 Å². The maximum Gasteiger partial charge on any atom is 0.119 e. The molecule has 0 N–H and O–H groups in total. The summed E-state index contributed by atoms with van der Waals surface area (Å²) in [6.07, 6.45) is 4.36. The zero-order valence-corrected chi connectivity index (χ0v) is 12.1. The first-order valence-electron chi connectivity index (χ1n) is 6.94. The predicted molar refractivity (Wildman–Crippen MR) is 86.4 cm³/mol. The molecule has 0 saturated heterocycles. The summed E-state index contributed by atoms with van der Waals surface area (Å²) in [7, 11) is 1.69. The predicted octanol–water partition coefficient (Wildman–Crippen LogP) is 4.23. The zero-order valence-electron chi connectivity index (χ0n) is 12.1. The molecule has 0 aromatic heterocycles. The average Bonchev–Trinajstić information content (AvgIpc) is 2.53. The molecule has 0 spiro atoms. The van der Waals surface area contributed by atoms with Crippen LogP contribution in [0.5, 0.6) is 5.75 Å². The molecule has 0 aliphatic rings. The van der Waals surface area contributed by atoms with Gasteiger partial charge in [0.05, 0.1) is 7.11 Å². The lowest BCUT2D eigenvalue weighted by Crippen LogP contribution is -2.22. The number of ether oxygens (including phenoxy) is 1. The van der Waals surface area contributed by atoms with Crippen LogP contribution < -0.4 is 9.64 Å². The first kappa shape index (κ1) is 14.2. The van der Waals surface area contributed by atoms with Gasteiger partial charge < -0.3 is 9.64 Å². The van der Waals surface area contributed by atoms with Gasteiger partial charge in [0.2, 0.25) is 0 Å². The van der Waals surface area contributed by atoms with E-state index in [2.05, 4.69) is 60.4 Å². The molecule has 0 fully saturated rings. The average molecular weight is 267 g/mol. The maximum absolute atomic E-state index is 5.19. The molecule has 2 aromatic rings. The minimum atomic E-state index is 0.893. The molecular weight excluding hydrogens is 246 g/mol. The SMILES string of the molecule is CCN(C/C=C/c1ccccc1)c1ccc(OC)cc1. The van der Waals surface area contributed by atoms with Crippen molar-refractivity contribution in [2.75, 3.05) is 25.1 Å². The van der Waals surface area contributed by atoms with Gasteiger partial charge in [0.1, 0.15) is 5.75 Å². The Bertz CT molecular complexity index is 531. The van der Waals surface area contributed by atoms with Crippen molar-refractivity contribution in [2.45, 2.75) is 6.92 Å². The second kappa shape index (κ2) is 7.39. The van der Waals surface area contributed by atoms with Gasteiger partial charge in [-0.25, -0.2) is 0 Å². The third-order valence-electron chi connectivity index (χ3n) is 3.25. The van der Waals surface area contributed by atoms with Gasteiger partial charge in [-0.3, -0.25) is 0 Å². The van der Waals surface area contributed by atoms with E-state index in [0.29, 0.717) is 0 Å². The lowest BCUT2D eigenvalue weighted by molar-refractivity contribution is 0.415. The Morgan fingerprint density at radius 3 is 2.30 bits per heavy atom. The number of hydrogen-bond donors (Lipinski definition) is 0. The van der Waals surface area contributed by atoms with Crippen molar-refractivity contribution in [1.82, 2.24) is 0 Å². The number of benzene rings is 2. The third-order valence-corrected chi connectivity index (χ3v) is 3.25. The minimum Gasteiger partial charge on any atom is -0.497 e. The number of likely N-dealkylation sites (N-methyl/N-ethyl adjacent to an activating group) is 1. The molecule has 0 aliphatic carbocycles. The van der Waals surface area contributed by atoms with Crippen molar-refractivity contribution in [3.05, 3.63) is 66.2 Å². The minimum absolute atomic E-state index is 0.893. The van der Waals surface area contributed by atoms with Crippen LogP contribution in [0, 0.1) is 0 Å². The molecule has 2 nitrogen and oxygen atoms in total. The lowest BCUT2D eigenvalue weighted by Gasteiger charge is -2.21. The van der Waals surface area contributed by atoms with E-state index in [1.807, 2.05) is 18.2 Å². The van der Waals surface area contributed by atoms with E-state index in [9.17, 15) is 0 Å². The van der Waals surface area contributed by atoms with Crippen molar-refractivity contribution >= 4 is 11.8 Å². The van der Waals surface area contributed by atoms with Crippen LogP contribution in [0.25, 0.3) is 6.08 Å². The molecule has 0 atom stereocenters. The second-order valence-electron chi connectivity index (χ2n) is 4.55. The number of anilines is 1. The summed E-state index contributed by atoms with van der Waals surface area (Å²) in [5, 5.41) is 0. The van der Waals surface area contributed by atoms with Crippen LogP contribution in [0.1, 0.15) is 12.5 Å². The van der Waals surface area contributed by atoms with Gasteiger partial charge in [0.15, 0.2) is 0 Å². The van der Waals surface area contributed by atoms with E-state index in [4.69, 9.17) is 4.74 Å². The van der Waals surface area contributed by atoms with Crippen molar-refractivity contribution in [2.24, 2.45) is 0 Å². The van der Waals surface area contributed by atoms with Crippen LogP contribution in [0.15, 0.2) is 60.7 Å². The standard InChI is InChI=1S/C18H21NO/c1-3-19(17-11-13-18(20-2)14-12-17)15-7-10-16-8-5-4-6-9-16/h4-14H,3,15H2,1-2H3/b10-7+. The van der Waals surface area contributed by atoms with Crippen LogP contribution in [0.4, 0.5) is 5.69 Å². The van der Waals surface area contributed by atoms with E-state index >= 15 is 0 Å². The maximum atomic E-state index is 5.19. The summed E-state index contributed by atoms with van der Waals surface area (Å²) < 4.78 is 5.19. The molecule has 20 heavy (non-hydrogen) atoms. The zero-order chi connectivity index (χ0) is 14.2. The van der Waals surface area contributed by atoms with E-state index in [1.54, 1.807) is 7.11 Å². The number of rotatable bonds is 6. The summed E-state index contributed by atoms with van der Waals surface area (Å²) >= 11 is 0. The van der Waals surface area contributed by atoms with Crippen LogP contribution >= 0.6 is 0 Å². The highest BCUT2D eigenvalue weighted by atomic mass is 16.5. The smallest absolute Gasteiger partial charge is 0.119 e. The Kier molecular flexibility index (Phi) is 5.24. The molecule has 2 aromatic carbocycles. The van der Waals surface area contributed by atoms with Gasteiger partial charge >= 0.3 is 0 Å². The monoisotopic (exact) mass is 267 g/mol. The topological polar surface area (TPSA) is 12.5 Å². The third kappa shape index (κ3) is 3.89. The van der Waals surface area contributed by atoms with Crippen LogP contribution in [-0.4, -0.2) is 20.2 Å². The Hall–Kier alpha value is -2.22. The molecule has 0 radical (unpaired) electrons. The van der Waals surface area contributed by atoms with Crippen molar-refractivity contribution < 1.29 is 4.74 Å². The van der Waals surface area contributed by atoms with Crippen LogP contribution in [-0.2, 0) is 0 Å². The van der Waals surface area contributed by atoms with Gasteiger partial charge in [-0.1, -0.05) is 42.5 Å². The number of methoxy groups -OCH3 is 1. The molecule has 0 amide bonds. The lowest BCUT2D eigenvalue weighted by atomic mass is 10.2. The molecule has 2 heteroatoms. The summed E-state index contributed by atoms with van der Waals surface area (Å²) in [5.74, 6) is 0.893. The molecule has 0 aliphatic heterocycles. The number of nitrogens with zero attached hydrogens (tertiary/aromatic N) is 1. The van der Waals surface area contributed by atoms with Gasteiger partial charge in [0.25, 0.3) is 0 Å². The normalized spacial score (nSPS) is 10.7. The largest absolute Gasteiger partial charge is 0.497 e. The Labute approximate surface area is 121 Å². The molecule has 2 rings (SSSR count). The summed E-state index contributed by atoms with van der Waals surface area (Å²) in [5.41, 5.74) is 2.45. The van der Waals surface area contributed by atoms with E-state index in [-0.39, 0.29) is 0 Å². The van der Waals surface area contributed by atoms with Gasteiger partial charge in [-0.15, -0.1) is 0 Å². The molecule has 0 heterocycles. The fraction of sp³-hybridized carbons (Fsp3) is 0.222. The van der Waals surface area contributed by atoms with Crippen LogP contribution in [0.3, 0.4) is 0 Å². The Morgan fingerprint density at radius 1 is 1.00 bits per heavy atom. The highest BCUT2D eigenvalue weighted by Crippen LogP contribution is 2.19. The fourth-order valence-electron chi connectivity index (χ4n) is 2.09. The molecular formula is C18H21NO. The van der Waals surface area contributed by atoms with E-state index in [0.717, 1.165) is 18.8 Å². The molecule has 0 bridgehead atoms. The van der Waals surface area contributed by atoms with Crippen molar-refractivity contribution in [3.8, 4) is 5.75 Å². The molecule has 0 saturated carbocycles. The molecule has 0 unspecified atom stereocenters. The van der Waals surface area contributed by atoms with Crippen molar-refractivity contribution in [3.63, 3.8) is 0 Å². The summed E-state index contributed by atoms with van der Waals surface area (Å²) in [6, 6.07) is 18.6. The summed E-state index contributed by atoms with van der Waals surface area (Å²) in [6.45, 7) is 4.05. The Balaban J connectivity index is 1.99. The number of hydrogen-bond acceptors (Lipinski definition) is 2. The highest BCUT2D eigenvalue weighted by Gasteiger charge is 2.02. The quantitative estimate of drug-likeness (QED) is 0.776. The summed E-state index contributed by atoms with van der Waals surface area (Å²) in [4.78, 5) is 2.32. The first-order chi connectivity index (χ1) is 9.83. The van der Waals surface area contributed by atoms with Gasteiger partial charge in [-0.05, 0) is 36.8 Å². The van der Waals surface area contributed by atoms with Gasteiger partial charge in [0, 0.05) is 18.8 Å². The highest BCUT2D eigenvalue weighted by molar-refractivity contribution is 5.53. The van der Waals surface area contributed by atoms with Gasteiger partial charge in [-0.2, -0.15) is 0 Å². The molecule has 104 valence electrons. The van der Waals surface area contributed by atoms with E-state index in [1.165, 1.54) is 11.3 Å². The second-order valence-corrected chi connectivity index (χ2v) is 4.55.